The first-order valence-corrected chi connectivity index (χ1v) is 9.23. The van der Waals surface area contributed by atoms with Gasteiger partial charge in [0.1, 0.15) is 0 Å². The first kappa shape index (κ1) is 17.3. The van der Waals surface area contributed by atoms with E-state index >= 15 is 0 Å². The molecule has 7 nitrogen and oxygen atoms in total. The molecule has 2 aliphatic heterocycles. The number of nitrogens with zero attached hydrogens (tertiary/aromatic N) is 2. The predicted molar refractivity (Wildman–Crippen MR) is 100 cm³/mol. The third kappa shape index (κ3) is 3.08. The van der Waals surface area contributed by atoms with Crippen LogP contribution in [-0.2, 0) is 4.79 Å². The zero-order valence-electron chi connectivity index (χ0n) is 14.1. The highest BCUT2D eigenvalue weighted by Gasteiger charge is 2.41. The Bertz CT molecular complexity index is 912. The van der Waals surface area contributed by atoms with E-state index < -0.39 is 22.4 Å². The average molecular weight is 381 g/mol. The minimum Gasteiger partial charge on any atom is -0.365 e. The van der Waals surface area contributed by atoms with Crippen molar-refractivity contribution in [2.45, 2.75) is 5.37 Å². The number of benzene rings is 2. The van der Waals surface area contributed by atoms with Crippen LogP contribution >= 0.6 is 11.8 Å². The summed E-state index contributed by atoms with van der Waals surface area (Å²) in [5.74, 6) is -1.19. The maximum absolute atomic E-state index is 12.5. The highest BCUT2D eigenvalue weighted by Crippen LogP contribution is 2.29. The number of rotatable bonds is 5. The lowest BCUT2D eigenvalue weighted by molar-refractivity contribution is -0.126. The molecule has 1 saturated heterocycles. The summed E-state index contributed by atoms with van der Waals surface area (Å²) in [4.78, 5) is 51.7. The van der Waals surface area contributed by atoms with E-state index in [4.69, 9.17) is 0 Å². The molecule has 0 spiro atoms. The SMILES string of the molecule is O=C1SC(Nc2ccccc2)C(=O)N1CCN1C(=O)c2ccccc2C1=O. The molecule has 0 aliphatic carbocycles. The van der Waals surface area contributed by atoms with E-state index in [1.807, 2.05) is 18.2 Å². The molecule has 0 aromatic heterocycles. The second-order valence-corrected chi connectivity index (χ2v) is 7.13. The van der Waals surface area contributed by atoms with E-state index in [2.05, 4.69) is 5.32 Å². The Morgan fingerprint density at radius 2 is 1.33 bits per heavy atom. The normalized spacial score (nSPS) is 19.0. The van der Waals surface area contributed by atoms with E-state index in [1.165, 1.54) is 0 Å². The monoisotopic (exact) mass is 381 g/mol. The minimum absolute atomic E-state index is 0.0247. The van der Waals surface area contributed by atoms with Crippen molar-refractivity contribution in [3.63, 3.8) is 0 Å². The highest BCUT2D eigenvalue weighted by molar-refractivity contribution is 8.15. The van der Waals surface area contributed by atoms with E-state index in [1.54, 1.807) is 36.4 Å². The van der Waals surface area contributed by atoms with Crippen molar-refractivity contribution in [1.29, 1.82) is 0 Å². The van der Waals surface area contributed by atoms with E-state index in [-0.39, 0.29) is 19.0 Å². The molecular formula is C19H15N3O4S. The first-order valence-electron chi connectivity index (χ1n) is 8.35. The van der Waals surface area contributed by atoms with Crippen LogP contribution in [0.15, 0.2) is 54.6 Å². The zero-order chi connectivity index (χ0) is 19.0. The first-order chi connectivity index (χ1) is 13.1. The summed E-state index contributed by atoms with van der Waals surface area (Å²) in [5, 5.41) is 1.90. The van der Waals surface area contributed by atoms with Gasteiger partial charge in [-0.1, -0.05) is 30.3 Å². The van der Waals surface area contributed by atoms with Crippen molar-refractivity contribution in [2.75, 3.05) is 18.4 Å². The van der Waals surface area contributed by atoms with Gasteiger partial charge in [-0.3, -0.25) is 29.0 Å². The molecule has 0 bridgehead atoms. The lowest BCUT2D eigenvalue weighted by Gasteiger charge is -2.19. The van der Waals surface area contributed by atoms with Crippen LogP contribution in [0, 0.1) is 0 Å². The molecular weight excluding hydrogens is 366 g/mol. The van der Waals surface area contributed by atoms with Gasteiger partial charge in [0.05, 0.1) is 11.1 Å². The maximum Gasteiger partial charge on any atom is 0.290 e. The third-order valence-electron chi connectivity index (χ3n) is 4.43. The highest BCUT2D eigenvalue weighted by atomic mass is 32.2. The van der Waals surface area contributed by atoms with Gasteiger partial charge >= 0.3 is 0 Å². The average Bonchev–Trinajstić information content (AvgIpc) is 3.08. The Kier molecular flexibility index (Phi) is 4.41. The van der Waals surface area contributed by atoms with Crippen molar-refractivity contribution in [2.24, 2.45) is 0 Å². The molecule has 0 radical (unpaired) electrons. The Morgan fingerprint density at radius 1 is 0.778 bits per heavy atom. The molecule has 2 aromatic rings. The summed E-state index contributed by atoms with van der Waals surface area (Å²) in [6.07, 6.45) is 0. The number of carbonyl (C=O) groups is 4. The number of nitrogens with one attached hydrogen (secondary N) is 1. The molecule has 2 heterocycles. The fourth-order valence-corrected chi connectivity index (χ4v) is 4.00. The third-order valence-corrected chi connectivity index (χ3v) is 5.40. The van der Waals surface area contributed by atoms with E-state index in [0.717, 1.165) is 27.2 Å². The van der Waals surface area contributed by atoms with Crippen molar-refractivity contribution in [3.05, 3.63) is 65.7 Å². The summed E-state index contributed by atoms with van der Waals surface area (Å²) in [7, 11) is 0. The van der Waals surface area contributed by atoms with Gasteiger partial charge in [0.2, 0.25) is 0 Å². The fourth-order valence-electron chi connectivity index (χ4n) is 3.07. The molecule has 136 valence electrons. The Labute approximate surface area is 159 Å². The van der Waals surface area contributed by atoms with Crippen molar-refractivity contribution < 1.29 is 19.2 Å². The van der Waals surface area contributed by atoms with Crippen LogP contribution in [0.1, 0.15) is 20.7 Å². The molecule has 8 heteroatoms. The quantitative estimate of drug-likeness (QED) is 0.801. The number of anilines is 1. The van der Waals surface area contributed by atoms with Gasteiger partial charge in [0.15, 0.2) is 5.37 Å². The fraction of sp³-hybridized carbons (Fsp3) is 0.158. The summed E-state index contributed by atoms with van der Waals surface area (Å²) >= 11 is 0.886. The number of hydrogen-bond donors (Lipinski definition) is 1. The van der Waals surface area contributed by atoms with Gasteiger partial charge in [-0.05, 0) is 36.0 Å². The zero-order valence-corrected chi connectivity index (χ0v) is 14.9. The number of amides is 4. The van der Waals surface area contributed by atoms with Crippen LogP contribution in [0.5, 0.6) is 0 Å². The predicted octanol–water partition coefficient (Wildman–Crippen LogP) is 2.42. The van der Waals surface area contributed by atoms with Crippen LogP contribution < -0.4 is 5.32 Å². The minimum atomic E-state index is -0.720. The topological polar surface area (TPSA) is 86.8 Å². The summed E-state index contributed by atoms with van der Waals surface area (Å²) in [6.45, 7) is -0.0501. The molecule has 2 aromatic carbocycles. The summed E-state index contributed by atoms with van der Waals surface area (Å²) in [6, 6.07) is 15.7. The number of fused-ring (bicyclic) bond motifs is 1. The Hall–Kier alpha value is -3.13. The molecule has 1 fully saturated rings. The van der Waals surface area contributed by atoms with E-state index in [9.17, 15) is 19.2 Å². The van der Waals surface area contributed by atoms with Gasteiger partial charge < -0.3 is 5.32 Å². The van der Waals surface area contributed by atoms with Gasteiger partial charge in [-0.15, -0.1) is 0 Å². The van der Waals surface area contributed by atoms with Gasteiger partial charge in [-0.25, -0.2) is 0 Å². The lowest BCUT2D eigenvalue weighted by Crippen LogP contribution is -2.41. The van der Waals surface area contributed by atoms with Gasteiger partial charge in [0.25, 0.3) is 23.0 Å². The second-order valence-electron chi connectivity index (χ2n) is 6.07. The number of imide groups is 2. The Morgan fingerprint density at radius 3 is 1.96 bits per heavy atom. The van der Waals surface area contributed by atoms with Crippen molar-refractivity contribution in [1.82, 2.24) is 9.80 Å². The number of carbonyl (C=O) groups excluding carboxylic acids is 4. The standard InChI is InChI=1S/C19H15N3O4S/c23-16-13-8-4-5-9-14(13)17(24)21(16)10-11-22-18(25)15(27-19(22)26)20-12-6-2-1-3-7-12/h1-9,15,20H,10-11H2. The lowest BCUT2D eigenvalue weighted by atomic mass is 10.1. The van der Waals surface area contributed by atoms with Crippen molar-refractivity contribution in [3.8, 4) is 0 Å². The van der Waals surface area contributed by atoms with Crippen molar-refractivity contribution >= 4 is 40.4 Å². The van der Waals surface area contributed by atoms with Crippen LogP contribution in [0.2, 0.25) is 0 Å². The molecule has 0 saturated carbocycles. The molecule has 2 aliphatic rings. The summed E-state index contributed by atoms with van der Waals surface area (Å²) in [5.41, 5.74) is 1.43. The summed E-state index contributed by atoms with van der Waals surface area (Å²) < 4.78 is 0. The molecule has 1 atom stereocenters. The van der Waals surface area contributed by atoms with Crippen LogP contribution in [0.4, 0.5) is 10.5 Å². The Balaban J connectivity index is 1.42. The van der Waals surface area contributed by atoms with Crippen LogP contribution in [0.3, 0.4) is 0 Å². The smallest absolute Gasteiger partial charge is 0.290 e. The van der Waals surface area contributed by atoms with Crippen LogP contribution in [0.25, 0.3) is 0 Å². The number of thioether (sulfide) groups is 1. The molecule has 4 amide bonds. The van der Waals surface area contributed by atoms with Gasteiger partial charge in [0, 0.05) is 18.8 Å². The molecule has 1 N–H and O–H groups in total. The number of hydrogen-bond acceptors (Lipinski definition) is 6. The van der Waals surface area contributed by atoms with E-state index in [0.29, 0.717) is 11.1 Å². The van der Waals surface area contributed by atoms with Gasteiger partial charge in [-0.2, -0.15) is 0 Å². The van der Waals surface area contributed by atoms with Crippen LogP contribution in [-0.4, -0.2) is 51.2 Å². The molecule has 4 rings (SSSR count). The molecule has 27 heavy (non-hydrogen) atoms. The largest absolute Gasteiger partial charge is 0.365 e. The molecule has 1 unspecified atom stereocenters. The maximum atomic E-state index is 12.5. The number of para-hydroxylation sites is 1. The second kappa shape index (κ2) is 6.88.